The number of ether oxygens (including phenoxy) is 1. The number of rotatable bonds is 7. The molecule has 0 spiro atoms. The molecule has 2 rings (SSSR count). The van der Waals surface area contributed by atoms with Gasteiger partial charge < -0.3 is 4.74 Å². The van der Waals surface area contributed by atoms with Crippen molar-refractivity contribution in [2.45, 2.75) is 19.8 Å². The number of benzene rings is 2. The quantitative estimate of drug-likeness (QED) is 0.233. The third-order valence-electron chi connectivity index (χ3n) is 3.79. The van der Waals surface area contributed by atoms with Crippen molar-refractivity contribution in [2.75, 3.05) is 6.61 Å². The highest BCUT2D eigenvalue weighted by Gasteiger charge is 2.13. The zero-order chi connectivity index (χ0) is 22.1. The van der Waals surface area contributed by atoms with Crippen LogP contribution < -0.4 is 20.9 Å². The molecular weight excluding hydrogens is 476 g/mol. The Kier molecular flexibility index (Phi) is 8.69. The zero-order valence-electron chi connectivity index (χ0n) is 15.9. The molecule has 11 heteroatoms. The Hall–Kier alpha value is -3.05. The van der Waals surface area contributed by atoms with Gasteiger partial charge in [0.25, 0.3) is 17.5 Å². The smallest absolute Gasteiger partial charge is 0.270 e. The van der Waals surface area contributed by atoms with Gasteiger partial charge in [0.1, 0.15) is 5.75 Å². The lowest BCUT2D eigenvalue weighted by molar-refractivity contribution is -0.384. The summed E-state index contributed by atoms with van der Waals surface area (Å²) in [7, 11) is 0. The fraction of sp³-hybridized carbons (Fsp3) is 0.211. The summed E-state index contributed by atoms with van der Waals surface area (Å²) in [6.07, 6.45) is 1.94. The summed E-state index contributed by atoms with van der Waals surface area (Å²) in [4.78, 5) is 34.6. The van der Waals surface area contributed by atoms with Crippen molar-refractivity contribution >= 4 is 50.8 Å². The maximum atomic E-state index is 12.3. The second kappa shape index (κ2) is 11.2. The lowest BCUT2D eigenvalue weighted by Crippen LogP contribution is -2.48. The molecule has 2 aromatic rings. The molecule has 0 bridgehead atoms. The monoisotopic (exact) mass is 494 g/mol. The number of nitrogens with zero attached hydrogens (tertiary/aromatic N) is 1. The Morgan fingerprint density at radius 1 is 1.13 bits per heavy atom. The van der Waals surface area contributed by atoms with Gasteiger partial charge in [0.2, 0.25) is 0 Å². The summed E-state index contributed by atoms with van der Waals surface area (Å²) in [5.41, 5.74) is 4.84. The summed E-state index contributed by atoms with van der Waals surface area (Å²) in [6.45, 7) is 2.65. The van der Waals surface area contributed by atoms with Crippen LogP contribution in [0, 0.1) is 10.1 Å². The molecule has 30 heavy (non-hydrogen) atoms. The van der Waals surface area contributed by atoms with Crippen LogP contribution >= 0.6 is 28.1 Å². The average molecular weight is 495 g/mol. The van der Waals surface area contributed by atoms with E-state index in [0.717, 1.165) is 18.9 Å². The maximum Gasteiger partial charge on any atom is 0.270 e. The molecule has 3 N–H and O–H groups in total. The Morgan fingerprint density at radius 3 is 2.53 bits per heavy atom. The zero-order valence-corrected chi connectivity index (χ0v) is 18.3. The first kappa shape index (κ1) is 23.2. The molecule has 0 aromatic heterocycles. The number of hydrazine groups is 1. The first-order valence-electron chi connectivity index (χ1n) is 8.90. The SMILES string of the molecule is CCCCOc1ccc(C(=O)NC(=S)NNC(=O)c2cccc([N+](=O)[O-])c2)cc1Br. The lowest BCUT2D eigenvalue weighted by Gasteiger charge is -2.12. The Morgan fingerprint density at radius 2 is 1.87 bits per heavy atom. The number of unbranched alkanes of at least 4 members (excludes halogenated alkanes) is 1. The first-order valence-corrected chi connectivity index (χ1v) is 10.1. The molecule has 2 aromatic carbocycles. The van der Waals surface area contributed by atoms with Gasteiger partial charge in [0.05, 0.1) is 16.0 Å². The number of nitrogens with one attached hydrogen (secondary N) is 3. The number of hydrogen-bond donors (Lipinski definition) is 3. The summed E-state index contributed by atoms with van der Waals surface area (Å²) < 4.78 is 6.25. The number of halogens is 1. The van der Waals surface area contributed by atoms with E-state index in [-0.39, 0.29) is 16.4 Å². The molecule has 0 aliphatic heterocycles. The van der Waals surface area contributed by atoms with Crippen LogP contribution in [-0.4, -0.2) is 28.5 Å². The highest BCUT2D eigenvalue weighted by atomic mass is 79.9. The van der Waals surface area contributed by atoms with Gasteiger partial charge in [-0.25, -0.2) is 0 Å². The van der Waals surface area contributed by atoms with Crippen molar-refractivity contribution in [3.05, 3.63) is 68.2 Å². The third kappa shape index (κ3) is 6.78. The van der Waals surface area contributed by atoms with Crippen molar-refractivity contribution in [3.8, 4) is 5.75 Å². The summed E-state index contributed by atoms with van der Waals surface area (Å²) in [5, 5.41) is 13.1. The number of nitro benzene ring substituents is 1. The molecule has 0 unspecified atom stereocenters. The van der Waals surface area contributed by atoms with E-state index in [1.54, 1.807) is 18.2 Å². The molecule has 0 saturated carbocycles. The van der Waals surface area contributed by atoms with Gasteiger partial charge in [0.15, 0.2) is 5.11 Å². The highest BCUT2D eigenvalue weighted by Crippen LogP contribution is 2.26. The van der Waals surface area contributed by atoms with Gasteiger partial charge in [-0.1, -0.05) is 19.4 Å². The first-order chi connectivity index (χ1) is 14.3. The van der Waals surface area contributed by atoms with E-state index in [4.69, 9.17) is 17.0 Å². The van der Waals surface area contributed by atoms with Gasteiger partial charge >= 0.3 is 0 Å². The van der Waals surface area contributed by atoms with E-state index in [0.29, 0.717) is 22.4 Å². The van der Waals surface area contributed by atoms with Gasteiger partial charge in [-0.2, -0.15) is 0 Å². The minimum Gasteiger partial charge on any atom is -0.492 e. The molecule has 0 aliphatic carbocycles. The average Bonchev–Trinajstić information content (AvgIpc) is 2.73. The van der Waals surface area contributed by atoms with Crippen LogP contribution in [0.3, 0.4) is 0 Å². The Bertz CT molecular complexity index is 970. The van der Waals surface area contributed by atoms with Gasteiger partial charge in [0, 0.05) is 23.3 Å². The van der Waals surface area contributed by atoms with Crippen LogP contribution in [0.25, 0.3) is 0 Å². The van der Waals surface area contributed by atoms with E-state index in [1.807, 2.05) is 0 Å². The Labute approximate surface area is 186 Å². The van der Waals surface area contributed by atoms with Gasteiger partial charge in [-0.15, -0.1) is 0 Å². The largest absolute Gasteiger partial charge is 0.492 e. The minimum atomic E-state index is -0.647. The molecule has 0 saturated heterocycles. The molecule has 158 valence electrons. The molecular formula is C19H19BrN4O5S. The van der Waals surface area contributed by atoms with Crippen molar-refractivity contribution in [3.63, 3.8) is 0 Å². The molecule has 0 aliphatic rings. The molecule has 9 nitrogen and oxygen atoms in total. The number of non-ortho nitro benzene ring substituents is 1. The number of hydrogen-bond acceptors (Lipinski definition) is 6. The van der Waals surface area contributed by atoms with Crippen LogP contribution in [0.5, 0.6) is 5.75 Å². The predicted octanol–water partition coefficient (Wildman–Crippen LogP) is 3.49. The summed E-state index contributed by atoms with van der Waals surface area (Å²) >= 11 is 8.36. The maximum absolute atomic E-state index is 12.3. The second-order valence-electron chi connectivity index (χ2n) is 6.02. The lowest BCUT2D eigenvalue weighted by atomic mass is 10.2. The standard InChI is InChI=1S/C19H19BrN4O5S/c1-2-3-9-29-16-8-7-13(11-15(16)20)17(25)21-19(30)23-22-18(26)12-5-4-6-14(10-12)24(27)28/h4-8,10-11H,2-3,9H2,1H3,(H,22,26)(H2,21,23,25,30). The van der Waals surface area contributed by atoms with E-state index in [9.17, 15) is 19.7 Å². The fourth-order valence-electron chi connectivity index (χ4n) is 2.24. The van der Waals surface area contributed by atoms with Crippen LogP contribution in [0.4, 0.5) is 5.69 Å². The molecule has 0 atom stereocenters. The minimum absolute atomic E-state index is 0.0634. The van der Waals surface area contributed by atoms with Crippen molar-refractivity contribution in [1.29, 1.82) is 0 Å². The number of carbonyl (C=O) groups excluding carboxylic acids is 2. The second-order valence-corrected chi connectivity index (χ2v) is 7.28. The van der Waals surface area contributed by atoms with E-state index in [1.165, 1.54) is 18.2 Å². The van der Waals surface area contributed by atoms with Crippen LogP contribution in [-0.2, 0) is 0 Å². The third-order valence-corrected chi connectivity index (χ3v) is 4.61. The fourth-order valence-corrected chi connectivity index (χ4v) is 2.88. The number of amides is 2. The topological polar surface area (TPSA) is 123 Å². The van der Waals surface area contributed by atoms with Crippen LogP contribution in [0.15, 0.2) is 46.9 Å². The van der Waals surface area contributed by atoms with Gasteiger partial charge in [-0.05, 0) is 58.8 Å². The summed E-state index contributed by atoms with van der Waals surface area (Å²) in [6, 6.07) is 10.1. The Balaban J connectivity index is 1.89. The van der Waals surface area contributed by atoms with Crippen molar-refractivity contribution in [1.82, 2.24) is 16.2 Å². The molecule has 0 fully saturated rings. The normalized spacial score (nSPS) is 10.1. The van der Waals surface area contributed by atoms with E-state index >= 15 is 0 Å². The number of thiocarbonyl (C=S) groups is 1. The highest BCUT2D eigenvalue weighted by molar-refractivity contribution is 9.10. The van der Waals surface area contributed by atoms with E-state index < -0.39 is 16.7 Å². The predicted molar refractivity (Wildman–Crippen MR) is 118 cm³/mol. The van der Waals surface area contributed by atoms with Gasteiger partial charge in [-0.3, -0.25) is 35.9 Å². The molecule has 2 amide bonds. The number of nitro groups is 1. The van der Waals surface area contributed by atoms with Crippen LogP contribution in [0.1, 0.15) is 40.5 Å². The van der Waals surface area contributed by atoms with Crippen molar-refractivity contribution in [2.24, 2.45) is 0 Å². The molecule has 0 radical (unpaired) electrons. The number of carbonyl (C=O) groups is 2. The van der Waals surface area contributed by atoms with E-state index in [2.05, 4.69) is 39.0 Å². The van der Waals surface area contributed by atoms with Crippen molar-refractivity contribution < 1.29 is 19.2 Å². The molecule has 0 heterocycles. The summed E-state index contributed by atoms with van der Waals surface area (Å²) in [5.74, 6) is -0.505. The van der Waals surface area contributed by atoms with Crippen LogP contribution in [0.2, 0.25) is 0 Å².